The number of hydrogen-bond acceptors (Lipinski definition) is 5. The smallest absolute Gasteiger partial charge is 0.277 e. The predicted molar refractivity (Wildman–Crippen MR) is 152 cm³/mol. The molecule has 5 aromatic rings. The van der Waals surface area contributed by atoms with Crippen molar-refractivity contribution >= 4 is 23.7 Å². The van der Waals surface area contributed by atoms with Gasteiger partial charge in [0.2, 0.25) is 0 Å². The SMILES string of the molecule is O=C(COc1ccc(Cl)cc1)N/N=C\c1cn(-c2ccccc2)nc1-c1ccc(OCc2ccccc2)cc1. The highest BCUT2D eigenvalue weighted by Gasteiger charge is 2.12. The van der Waals surface area contributed by atoms with Crippen LogP contribution >= 0.6 is 11.6 Å². The van der Waals surface area contributed by atoms with Gasteiger partial charge >= 0.3 is 0 Å². The highest BCUT2D eigenvalue weighted by atomic mass is 35.5. The lowest BCUT2D eigenvalue weighted by Gasteiger charge is -2.07. The van der Waals surface area contributed by atoms with Gasteiger partial charge in [-0.2, -0.15) is 10.2 Å². The molecule has 0 spiro atoms. The molecule has 1 heterocycles. The molecule has 39 heavy (non-hydrogen) atoms. The van der Waals surface area contributed by atoms with Crippen molar-refractivity contribution in [2.75, 3.05) is 6.61 Å². The Bertz CT molecular complexity index is 1540. The number of carbonyl (C=O) groups excluding carboxylic acids is 1. The quantitative estimate of drug-likeness (QED) is 0.168. The molecule has 0 saturated carbocycles. The van der Waals surface area contributed by atoms with E-state index in [0.29, 0.717) is 23.1 Å². The summed E-state index contributed by atoms with van der Waals surface area (Å²) in [5.41, 5.74) is 6.84. The Morgan fingerprint density at radius 2 is 1.49 bits per heavy atom. The number of para-hydroxylation sites is 1. The van der Waals surface area contributed by atoms with E-state index in [2.05, 4.69) is 10.5 Å². The van der Waals surface area contributed by atoms with E-state index in [0.717, 1.165) is 28.1 Å². The lowest BCUT2D eigenvalue weighted by Crippen LogP contribution is -2.24. The number of nitrogens with zero attached hydrogens (tertiary/aromatic N) is 3. The van der Waals surface area contributed by atoms with Gasteiger partial charge in [0.25, 0.3) is 5.91 Å². The van der Waals surface area contributed by atoms with Crippen LogP contribution in [0.1, 0.15) is 11.1 Å². The maximum Gasteiger partial charge on any atom is 0.277 e. The van der Waals surface area contributed by atoms with Crippen LogP contribution in [0.3, 0.4) is 0 Å². The molecule has 5 rings (SSSR count). The Balaban J connectivity index is 1.29. The van der Waals surface area contributed by atoms with Crippen molar-refractivity contribution < 1.29 is 14.3 Å². The van der Waals surface area contributed by atoms with Crippen LogP contribution in [0.25, 0.3) is 16.9 Å². The molecule has 1 N–H and O–H groups in total. The van der Waals surface area contributed by atoms with Crippen LogP contribution in [-0.2, 0) is 11.4 Å². The molecule has 0 aliphatic carbocycles. The fourth-order valence-corrected chi connectivity index (χ4v) is 3.88. The molecule has 0 atom stereocenters. The number of ether oxygens (including phenoxy) is 2. The van der Waals surface area contributed by atoms with Crippen molar-refractivity contribution in [3.63, 3.8) is 0 Å². The Kier molecular flexibility index (Phi) is 8.31. The molecule has 1 amide bonds. The van der Waals surface area contributed by atoms with E-state index in [1.165, 1.54) is 0 Å². The predicted octanol–water partition coefficient (Wildman–Crippen LogP) is 6.30. The van der Waals surface area contributed by atoms with E-state index < -0.39 is 5.91 Å². The van der Waals surface area contributed by atoms with Gasteiger partial charge in [-0.05, 0) is 66.2 Å². The first-order valence-electron chi connectivity index (χ1n) is 12.3. The van der Waals surface area contributed by atoms with Gasteiger partial charge in [0, 0.05) is 22.3 Å². The molecule has 4 aromatic carbocycles. The molecule has 0 radical (unpaired) electrons. The Morgan fingerprint density at radius 3 is 2.21 bits per heavy atom. The summed E-state index contributed by atoms with van der Waals surface area (Å²) < 4.78 is 13.2. The number of rotatable bonds is 10. The van der Waals surface area contributed by atoms with Gasteiger partial charge < -0.3 is 9.47 Å². The van der Waals surface area contributed by atoms with E-state index in [4.69, 9.17) is 26.2 Å². The third-order valence-corrected chi connectivity index (χ3v) is 5.97. The number of aromatic nitrogens is 2. The van der Waals surface area contributed by atoms with Crippen LogP contribution in [0.2, 0.25) is 5.02 Å². The number of benzene rings is 4. The van der Waals surface area contributed by atoms with Crippen LogP contribution in [0.15, 0.2) is 120 Å². The van der Waals surface area contributed by atoms with E-state index in [9.17, 15) is 4.79 Å². The summed E-state index contributed by atoms with van der Waals surface area (Å²) in [6.07, 6.45) is 3.44. The highest BCUT2D eigenvalue weighted by Crippen LogP contribution is 2.25. The Hall–Kier alpha value is -4.88. The van der Waals surface area contributed by atoms with Gasteiger partial charge in [0.1, 0.15) is 23.8 Å². The highest BCUT2D eigenvalue weighted by molar-refractivity contribution is 6.30. The lowest BCUT2D eigenvalue weighted by molar-refractivity contribution is -0.123. The Labute approximate surface area is 231 Å². The maximum atomic E-state index is 12.2. The molecule has 0 aliphatic rings. The molecule has 0 bridgehead atoms. The largest absolute Gasteiger partial charge is 0.489 e. The molecule has 8 heteroatoms. The van der Waals surface area contributed by atoms with Crippen molar-refractivity contribution in [2.45, 2.75) is 6.61 Å². The van der Waals surface area contributed by atoms with Crippen molar-refractivity contribution in [1.29, 1.82) is 0 Å². The fraction of sp³-hybridized carbons (Fsp3) is 0.0645. The third-order valence-electron chi connectivity index (χ3n) is 5.72. The summed E-state index contributed by atoms with van der Waals surface area (Å²) >= 11 is 5.88. The normalized spacial score (nSPS) is 10.9. The Morgan fingerprint density at radius 1 is 0.846 bits per heavy atom. The van der Waals surface area contributed by atoms with Crippen molar-refractivity contribution in [3.05, 3.63) is 132 Å². The average Bonchev–Trinajstić information content (AvgIpc) is 3.41. The van der Waals surface area contributed by atoms with Crippen molar-refractivity contribution in [2.24, 2.45) is 5.10 Å². The monoisotopic (exact) mass is 536 g/mol. The minimum Gasteiger partial charge on any atom is -0.489 e. The van der Waals surface area contributed by atoms with E-state index in [1.54, 1.807) is 35.2 Å². The van der Waals surface area contributed by atoms with Gasteiger partial charge in [0.15, 0.2) is 6.61 Å². The number of hydrazone groups is 1. The number of amides is 1. The van der Waals surface area contributed by atoms with Crippen LogP contribution in [0, 0.1) is 0 Å². The minimum absolute atomic E-state index is 0.181. The average molecular weight is 537 g/mol. The van der Waals surface area contributed by atoms with Gasteiger partial charge in [-0.3, -0.25) is 4.79 Å². The molecule has 194 valence electrons. The molecular formula is C31H25ClN4O3. The van der Waals surface area contributed by atoms with Crippen LogP contribution in [0.4, 0.5) is 0 Å². The van der Waals surface area contributed by atoms with Crippen LogP contribution in [-0.4, -0.2) is 28.5 Å². The van der Waals surface area contributed by atoms with Gasteiger partial charge in [-0.15, -0.1) is 0 Å². The molecule has 7 nitrogen and oxygen atoms in total. The van der Waals surface area contributed by atoms with Crippen molar-refractivity contribution in [3.8, 4) is 28.4 Å². The zero-order valence-corrected chi connectivity index (χ0v) is 21.7. The van der Waals surface area contributed by atoms with Crippen molar-refractivity contribution in [1.82, 2.24) is 15.2 Å². The standard InChI is InChI=1S/C31H25ClN4O3/c32-26-13-17-29(18-14-26)39-22-30(37)34-33-19-25-20-36(27-9-5-2-6-10-27)35-31(25)24-11-15-28(16-12-24)38-21-23-7-3-1-4-8-23/h1-20H,21-22H2,(H,34,37)/b33-19-. The van der Waals surface area contributed by atoms with Gasteiger partial charge in [0.05, 0.1) is 11.9 Å². The summed E-state index contributed by atoms with van der Waals surface area (Å²) in [4.78, 5) is 12.2. The first-order valence-corrected chi connectivity index (χ1v) is 12.6. The first kappa shape index (κ1) is 25.8. The second kappa shape index (κ2) is 12.6. The van der Waals surface area contributed by atoms with Crippen LogP contribution in [0.5, 0.6) is 11.5 Å². The summed E-state index contributed by atoms with van der Waals surface area (Å²) in [5.74, 6) is 0.910. The topological polar surface area (TPSA) is 77.7 Å². The summed E-state index contributed by atoms with van der Waals surface area (Å²) in [5, 5.41) is 9.52. The van der Waals surface area contributed by atoms with E-state index in [1.807, 2.05) is 91.1 Å². The van der Waals surface area contributed by atoms with Crippen LogP contribution < -0.4 is 14.9 Å². The molecule has 0 saturated heterocycles. The first-order chi connectivity index (χ1) is 19.1. The number of carbonyl (C=O) groups is 1. The molecule has 0 fully saturated rings. The molecule has 0 aliphatic heterocycles. The molecular weight excluding hydrogens is 512 g/mol. The fourth-order valence-electron chi connectivity index (χ4n) is 3.75. The van der Waals surface area contributed by atoms with E-state index >= 15 is 0 Å². The number of nitrogens with one attached hydrogen (secondary N) is 1. The molecule has 1 aromatic heterocycles. The van der Waals surface area contributed by atoms with Gasteiger partial charge in [-0.25, -0.2) is 10.1 Å². The minimum atomic E-state index is -0.391. The third kappa shape index (κ3) is 7.12. The number of hydrogen-bond donors (Lipinski definition) is 1. The zero-order chi connectivity index (χ0) is 26.9. The maximum absolute atomic E-state index is 12.2. The number of halogens is 1. The second-order valence-electron chi connectivity index (χ2n) is 8.55. The summed E-state index contributed by atoms with van der Waals surface area (Å²) in [7, 11) is 0. The van der Waals surface area contributed by atoms with E-state index in [-0.39, 0.29) is 6.61 Å². The summed E-state index contributed by atoms with van der Waals surface area (Å²) in [6, 6.07) is 34.3. The zero-order valence-electron chi connectivity index (χ0n) is 20.9. The summed E-state index contributed by atoms with van der Waals surface area (Å²) in [6.45, 7) is 0.307. The molecule has 0 unspecified atom stereocenters. The lowest BCUT2D eigenvalue weighted by atomic mass is 10.1. The van der Waals surface area contributed by atoms with Gasteiger partial charge in [-0.1, -0.05) is 60.1 Å². The second-order valence-corrected chi connectivity index (χ2v) is 8.98.